The number of rotatable bonds is 20. The smallest absolute Gasteiger partial charge is 0.434 e. The molecule has 20 heteroatoms. The Balaban J connectivity index is 1.93. The van der Waals surface area contributed by atoms with Crippen LogP contribution in [0.15, 0.2) is 14.5 Å². The summed E-state index contributed by atoms with van der Waals surface area (Å²) in [6.07, 6.45) is 3.54. The van der Waals surface area contributed by atoms with Gasteiger partial charge in [0.2, 0.25) is 0 Å². The van der Waals surface area contributed by atoms with E-state index in [1.807, 2.05) is 0 Å². The quantitative estimate of drug-likeness (QED) is 0.0492. The van der Waals surface area contributed by atoms with Crippen molar-refractivity contribution in [3.05, 3.63) is 31.9 Å². The first-order chi connectivity index (χ1) is 20.9. The predicted molar refractivity (Wildman–Crippen MR) is 158 cm³/mol. The van der Waals surface area contributed by atoms with Crippen molar-refractivity contribution in [2.24, 2.45) is 5.84 Å². The highest BCUT2D eigenvalue weighted by Crippen LogP contribution is 2.46. The average molecular weight is 686 g/mol. The maximum atomic E-state index is 13.2. The lowest BCUT2D eigenvalue weighted by Crippen LogP contribution is -2.40. The Bertz CT molecular complexity index is 1220. The molecule has 2 unspecified atom stereocenters. The van der Waals surface area contributed by atoms with Gasteiger partial charge in [-0.15, -0.1) is 31.6 Å². The van der Waals surface area contributed by atoms with Gasteiger partial charge in [-0.2, -0.15) is 4.41 Å². The topological polar surface area (TPSA) is 224 Å². The molecule has 17 nitrogen and oxygen atoms in total. The van der Waals surface area contributed by atoms with Crippen LogP contribution in [0.4, 0.5) is 9.59 Å². The molecule has 0 aromatic carbocycles. The van der Waals surface area contributed by atoms with Crippen LogP contribution in [-0.2, 0) is 29.0 Å². The van der Waals surface area contributed by atoms with E-state index in [2.05, 4.69) is 9.68 Å². The number of unbranched alkanes of at least 4 members (excludes halogenated alkanes) is 6. The molecule has 0 bridgehead atoms. The Morgan fingerprint density at radius 2 is 1.45 bits per heavy atom. The summed E-state index contributed by atoms with van der Waals surface area (Å²) >= 11 is 1.77. The van der Waals surface area contributed by atoms with E-state index in [4.69, 9.17) is 15.3 Å². The summed E-state index contributed by atoms with van der Waals surface area (Å²) in [4.78, 5) is 55.6. The van der Waals surface area contributed by atoms with Crippen LogP contribution in [0.1, 0.15) is 83.2 Å². The summed E-state index contributed by atoms with van der Waals surface area (Å²) in [5, 5.41) is 17.9. The highest BCUT2D eigenvalue weighted by atomic mass is 32.2. The first-order valence-electron chi connectivity index (χ1n) is 14.1. The summed E-state index contributed by atoms with van der Waals surface area (Å²) in [5.74, 6) is 5.88. The van der Waals surface area contributed by atoms with E-state index in [-0.39, 0.29) is 43.6 Å². The van der Waals surface area contributed by atoms with Crippen molar-refractivity contribution in [3.63, 3.8) is 0 Å². The second kappa shape index (κ2) is 18.6. The summed E-state index contributed by atoms with van der Waals surface area (Å²) in [6.45, 7) is 3.87. The molecule has 1 aliphatic heterocycles. The molecule has 0 saturated carbocycles. The van der Waals surface area contributed by atoms with Crippen molar-refractivity contribution in [1.82, 2.24) is 9.31 Å². The van der Waals surface area contributed by atoms with Gasteiger partial charge in [0.15, 0.2) is 9.84 Å². The zero-order valence-corrected chi connectivity index (χ0v) is 27.1. The number of nitrogens with zero attached hydrogens (tertiary/aromatic N) is 4. The fraction of sp³-hybridized carbons (Fsp3) is 0.750. The first-order valence-corrected chi connectivity index (χ1v) is 17.3. The third kappa shape index (κ3) is 11.8. The number of carbonyl (C=O) groups excluding carboxylic acids is 2. The third-order valence-electron chi connectivity index (χ3n) is 6.65. The molecule has 2 heterocycles. The Labute approximate surface area is 263 Å². The zero-order valence-electron chi connectivity index (χ0n) is 24.6. The minimum Gasteiger partial charge on any atom is -0.449 e. The maximum Gasteiger partial charge on any atom is 0.434 e. The molecule has 1 aromatic heterocycles. The highest BCUT2D eigenvalue weighted by Gasteiger charge is 2.42. The number of carbonyl (C=O) groups is 2. The molecule has 0 saturated heterocycles. The van der Waals surface area contributed by atoms with Crippen LogP contribution >= 0.6 is 23.3 Å². The Morgan fingerprint density at radius 3 is 1.95 bits per heavy atom. The van der Waals surface area contributed by atoms with Gasteiger partial charge in [0, 0.05) is 24.1 Å². The van der Waals surface area contributed by atoms with Gasteiger partial charge in [-0.25, -0.2) is 23.8 Å². The largest absolute Gasteiger partial charge is 0.449 e. The standard InChI is InChI=1S/C24H39N5O12S3/c1-3-26(23(30)38-12-8-4-6-10-14-40-28(32)33)20-16-18(2)44(36,37)22-19(20)17-21(42-22)43-27(25)24(31)39-13-9-5-7-11-15-41-29(34)35/h17-18,20H,3-16,25H2,1-2H3. The van der Waals surface area contributed by atoms with Crippen molar-refractivity contribution in [3.8, 4) is 0 Å². The molecule has 44 heavy (non-hydrogen) atoms. The van der Waals surface area contributed by atoms with Crippen molar-refractivity contribution < 1.29 is 47.3 Å². The fourth-order valence-corrected chi connectivity index (χ4v) is 8.91. The molecule has 0 aliphatic carbocycles. The molecule has 0 spiro atoms. The molecule has 2 rings (SSSR count). The Hall–Kier alpha value is -3.10. The highest BCUT2D eigenvalue weighted by molar-refractivity contribution is 8.00. The molecular weight excluding hydrogens is 646 g/mol. The van der Waals surface area contributed by atoms with Crippen molar-refractivity contribution >= 4 is 45.3 Å². The van der Waals surface area contributed by atoms with E-state index in [1.165, 1.54) is 4.90 Å². The molecule has 2 atom stereocenters. The van der Waals surface area contributed by atoms with Gasteiger partial charge in [-0.1, -0.05) is 12.8 Å². The second-order valence-electron chi connectivity index (χ2n) is 9.79. The van der Waals surface area contributed by atoms with Crippen LogP contribution in [0.3, 0.4) is 0 Å². The minimum absolute atomic E-state index is 0.00461. The second-order valence-corrected chi connectivity index (χ2v) is 14.7. The molecular formula is C24H39N5O12S3. The monoisotopic (exact) mass is 685 g/mol. The number of fused-ring (bicyclic) bond motifs is 1. The maximum absolute atomic E-state index is 13.2. The Kier molecular flexibility index (Phi) is 15.7. The number of hydrazine groups is 1. The minimum atomic E-state index is -3.67. The number of sulfone groups is 1. The van der Waals surface area contributed by atoms with Gasteiger partial charge >= 0.3 is 12.2 Å². The summed E-state index contributed by atoms with van der Waals surface area (Å²) in [5.41, 5.74) is 0.433. The number of ether oxygens (including phenoxy) is 2. The van der Waals surface area contributed by atoms with Crippen LogP contribution in [0, 0.1) is 20.2 Å². The predicted octanol–water partition coefficient (Wildman–Crippen LogP) is 4.67. The number of nitrogens with two attached hydrogens (primary N) is 1. The van der Waals surface area contributed by atoms with E-state index >= 15 is 0 Å². The van der Waals surface area contributed by atoms with Crippen LogP contribution in [0.5, 0.6) is 0 Å². The summed E-state index contributed by atoms with van der Waals surface area (Å²) in [6, 6.07) is 1.04. The Morgan fingerprint density at radius 1 is 0.955 bits per heavy atom. The van der Waals surface area contributed by atoms with E-state index in [0.29, 0.717) is 61.1 Å². The molecule has 2 N–H and O–H groups in total. The fourth-order valence-electron chi connectivity index (χ4n) is 4.38. The molecule has 0 radical (unpaired) electrons. The van der Waals surface area contributed by atoms with Crippen LogP contribution in [-0.4, -0.2) is 78.3 Å². The normalized spacial score (nSPS) is 16.8. The first kappa shape index (κ1) is 37.1. The van der Waals surface area contributed by atoms with Crippen LogP contribution in [0.2, 0.25) is 0 Å². The van der Waals surface area contributed by atoms with Crippen molar-refractivity contribution in [2.45, 2.75) is 91.3 Å². The van der Waals surface area contributed by atoms with Gasteiger partial charge in [-0.3, -0.25) is 0 Å². The SMILES string of the molecule is CCN(C(=O)OCCCCCCO[N+](=O)[O-])C1CC(C)S(=O)(=O)c2sc(SN(N)C(=O)OCCCCCCO[N+](=O)[O-])cc21. The molecule has 1 aromatic rings. The number of hydrogen-bond acceptors (Lipinski definition) is 15. The van der Waals surface area contributed by atoms with Gasteiger partial charge < -0.3 is 24.0 Å². The molecule has 250 valence electrons. The lowest BCUT2D eigenvalue weighted by molar-refractivity contribution is -0.757. The average Bonchev–Trinajstić information content (AvgIpc) is 3.39. The molecule has 2 amide bonds. The van der Waals surface area contributed by atoms with Crippen molar-refractivity contribution in [1.29, 1.82) is 0 Å². The number of amides is 2. The molecule has 1 aliphatic rings. The van der Waals surface area contributed by atoms with E-state index in [9.17, 15) is 38.2 Å². The molecule has 0 fully saturated rings. The van der Waals surface area contributed by atoms with E-state index in [0.717, 1.165) is 27.7 Å². The number of hydrogen-bond donors (Lipinski definition) is 1. The van der Waals surface area contributed by atoms with Crippen LogP contribution in [0.25, 0.3) is 0 Å². The lowest BCUT2D eigenvalue weighted by atomic mass is 10.0. The van der Waals surface area contributed by atoms with Gasteiger partial charge in [-0.05, 0) is 64.9 Å². The lowest BCUT2D eigenvalue weighted by Gasteiger charge is -2.35. The van der Waals surface area contributed by atoms with Gasteiger partial charge in [0.05, 0.1) is 41.9 Å². The summed E-state index contributed by atoms with van der Waals surface area (Å²) < 4.78 is 38.2. The van der Waals surface area contributed by atoms with E-state index < -0.39 is 43.5 Å². The van der Waals surface area contributed by atoms with E-state index in [1.54, 1.807) is 19.9 Å². The number of thiophene rings is 1. The van der Waals surface area contributed by atoms with Crippen LogP contribution < -0.4 is 5.84 Å². The van der Waals surface area contributed by atoms with Gasteiger partial charge in [0.1, 0.15) is 4.21 Å². The van der Waals surface area contributed by atoms with Crippen molar-refractivity contribution in [2.75, 3.05) is 33.0 Å². The third-order valence-corrected chi connectivity index (χ3v) is 11.5. The zero-order chi connectivity index (χ0) is 32.7. The summed E-state index contributed by atoms with van der Waals surface area (Å²) in [7, 11) is -3.67. The van der Waals surface area contributed by atoms with Gasteiger partial charge in [0.25, 0.3) is 10.2 Å².